The molecule has 3 aromatic carbocycles. The minimum atomic E-state index is -0.329. The summed E-state index contributed by atoms with van der Waals surface area (Å²) in [5.41, 5.74) is 8.80. The summed E-state index contributed by atoms with van der Waals surface area (Å²) in [5.74, 6) is 0.995. The number of anilines is 2. The van der Waals surface area contributed by atoms with Gasteiger partial charge in [0.25, 0.3) is 5.91 Å². The molecule has 48 heavy (non-hydrogen) atoms. The SMILES string of the molecule is C=CC/C=C\C.CC=NC.COc1ccc2ccccc2c1C(=O)NCc1ccc(C(=N)c2c(N)ncnc2NC2CCC(O)C2)cc1. The molecule has 1 aromatic heterocycles. The third kappa shape index (κ3) is 10.3. The van der Waals surface area contributed by atoms with Gasteiger partial charge in [0.15, 0.2) is 0 Å². The highest BCUT2D eigenvalue weighted by Gasteiger charge is 2.25. The molecule has 1 aliphatic rings. The van der Waals surface area contributed by atoms with Crippen molar-refractivity contribution in [1.29, 1.82) is 5.41 Å². The topological polar surface area (TPSA) is 159 Å². The number of aliphatic hydroxyl groups excluding tert-OH is 1. The summed E-state index contributed by atoms with van der Waals surface area (Å²) in [6, 6.07) is 18.9. The maximum absolute atomic E-state index is 13.1. The number of methoxy groups -OCH3 is 1. The first kappa shape index (κ1) is 37.1. The molecule has 10 nitrogen and oxygen atoms in total. The van der Waals surface area contributed by atoms with Crippen LogP contribution in [0.3, 0.4) is 0 Å². The van der Waals surface area contributed by atoms with Crippen LogP contribution < -0.4 is 21.1 Å². The van der Waals surface area contributed by atoms with Crippen LogP contribution in [0, 0.1) is 5.41 Å². The molecule has 1 aliphatic carbocycles. The molecule has 6 N–H and O–H groups in total. The number of amides is 1. The second kappa shape index (κ2) is 19.3. The fraction of sp³-hybridized carbons (Fsp3) is 0.289. The molecule has 0 spiro atoms. The van der Waals surface area contributed by atoms with Gasteiger partial charge >= 0.3 is 0 Å². The highest BCUT2D eigenvalue weighted by atomic mass is 16.5. The number of fused-ring (bicyclic) bond motifs is 1. The molecule has 1 amide bonds. The van der Waals surface area contributed by atoms with Crippen molar-refractivity contribution in [2.24, 2.45) is 4.99 Å². The number of carbonyl (C=O) groups excluding carboxylic acids is 1. The van der Waals surface area contributed by atoms with E-state index >= 15 is 0 Å². The first-order valence-electron chi connectivity index (χ1n) is 15.9. The monoisotopic (exact) mass is 649 g/mol. The number of nitrogens with one attached hydrogen (secondary N) is 3. The lowest BCUT2D eigenvalue weighted by Gasteiger charge is -2.17. The molecule has 10 heteroatoms. The highest BCUT2D eigenvalue weighted by Crippen LogP contribution is 2.29. The maximum Gasteiger partial charge on any atom is 0.255 e. The van der Waals surface area contributed by atoms with Crippen LogP contribution in [0.25, 0.3) is 10.8 Å². The molecule has 1 saturated carbocycles. The zero-order valence-corrected chi connectivity index (χ0v) is 28.2. The standard InChI is InChI=1S/C29H30N6O3.C6H10.C3H7N/c1-38-23-13-10-18-4-2-3-5-22(18)24(23)29(37)32-15-17-6-8-19(9-7-17)26(30)25-27(31)33-16-34-28(25)35-20-11-12-21(36)14-20;1-3-5-6-4-2;1-3-4-2/h2-10,13,16,20-21,30,36H,11-12,14-15H2,1H3,(H,32,37)(H3,31,33,34,35);3-4,6H,1,5H2,2H3;3H,1-2H3/b;6-4-;. The molecular weight excluding hydrogens is 602 g/mol. The molecule has 252 valence electrons. The number of allylic oxidation sites excluding steroid dienone is 3. The predicted octanol–water partition coefficient (Wildman–Crippen LogP) is 6.74. The Labute approximate surface area is 283 Å². The van der Waals surface area contributed by atoms with Crippen molar-refractivity contribution in [2.45, 2.75) is 58.2 Å². The number of aliphatic hydroxyl groups is 1. The Hall–Kier alpha value is -5.35. The predicted molar refractivity (Wildman–Crippen MR) is 197 cm³/mol. The lowest BCUT2D eigenvalue weighted by molar-refractivity contribution is 0.0949. The van der Waals surface area contributed by atoms with Gasteiger partial charge in [0.05, 0.1) is 30.1 Å². The zero-order valence-electron chi connectivity index (χ0n) is 28.2. The zero-order chi connectivity index (χ0) is 34.9. The van der Waals surface area contributed by atoms with E-state index in [1.165, 1.54) is 6.33 Å². The second-order valence-corrected chi connectivity index (χ2v) is 11.0. The molecule has 0 aliphatic heterocycles. The van der Waals surface area contributed by atoms with Gasteiger partial charge in [-0.3, -0.25) is 10.2 Å². The van der Waals surface area contributed by atoms with E-state index < -0.39 is 0 Å². The quantitative estimate of drug-likeness (QED) is 0.0940. The average molecular weight is 650 g/mol. The van der Waals surface area contributed by atoms with Gasteiger partial charge in [0.2, 0.25) is 0 Å². The van der Waals surface area contributed by atoms with Gasteiger partial charge in [-0.05, 0) is 68.1 Å². The van der Waals surface area contributed by atoms with Crippen LogP contribution in [0.5, 0.6) is 5.75 Å². The lowest BCUT2D eigenvalue weighted by Crippen LogP contribution is -2.23. The molecule has 2 atom stereocenters. The fourth-order valence-electron chi connectivity index (χ4n) is 5.13. The molecule has 1 fully saturated rings. The third-order valence-corrected chi connectivity index (χ3v) is 7.70. The number of nitrogens with zero attached hydrogens (tertiary/aromatic N) is 3. The Morgan fingerprint density at radius 1 is 1.10 bits per heavy atom. The first-order valence-corrected chi connectivity index (χ1v) is 15.9. The number of carbonyl (C=O) groups is 1. The molecular formula is C38H47N7O3. The van der Waals surface area contributed by atoms with E-state index in [0.717, 1.165) is 35.6 Å². The molecule has 2 unspecified atom stereocenters. The highest BCUT2D eigenvalue weighted by molar-refractivity contribution is 6.16. The number of rotatable bonds is 10. The second-order valence-electron chi connectivity index (χ2n) is 11.0. The van der Waals surface area contributed by atoms with Gasteiger partial charge in [0, 0.05) is 25.2 Å². The van der Waals surface area contributed by atoms with Crippen LogP contribution in [-0.2, 0) is 6.54 Å². The van der Waals surface area contributed by atoms with Gasteiger partial charge in [-0.1, -0.05) is 72.8 Å². The smallest absolute Gasteiger partial charge is 0.255 e. The number of aliphatic imine (C=N–C) groups is 1. The van der Waals surface area contributed by atoms with E-state index in [2.05, 4.69) is 38.2 Å². The Balaban J connectivity index is 0.000000548. The number of benzene rings is 3. The lowest BCUT2D eigenvalue weighted by atomic mass is 10.0. The van der Waals surface area contributed by atoms with Crippen LogP contribution in [0.1, 0.15) is 66.6 Å². The molecule has 1 heterocycles. The van der Waals surface area contributed by atoms with Crippen molar-refractivity contribution in [3.8, 4) is 5.75 Å². The van der Waals surface area contributed by atoms with Crippen LogP contribution in [0.15, 0.2) is 96.8 Å². The van der Waals surface area contributed by atoms with Crippen LogP contribution in [0.4, 0.5) is 11.6 Å². The van der Waals surface area contributed by atoms with Crippen molar-refractivity contribution in [2.75, 3.05) is 25.2 Å². The van der Waals surface area contributed by atoms with E-state index in [0.29, 0.717) is 41.2 Å². The summed E-state index contributed by atoms with van der Waals surface area (Å²) in [6.45, 7) is 7.75. The molecule has 0 radical (unpaired) electrons. The Bertz CT molecular complexity index is 1710. The van der Waals surface area contributed by atoms with Gasteiger partial charge in [-0.15, -0.1) is 6.58 Å². The van der Waals surface area contributed by atoms with E-state index in [-0.39, 0.29) is 29.6 Å². The number of aromatic nitrogens is 2. The third-order valence-electron chi connectivity index (χ3n) is 7.70. The summed E-state index contributed by atoms with van der Waals surface area (Å²) >= 11 is 0. The first-order chi connectivity index (χ1) is 23.3. The largest absolute Gasteiger partial charge is 0.496 e. The van der Waals surface area contributed by atoms with Crippen molar-refractivity contribution in [1.82, 2.24) is 15.3 Å². The van der Waals surface area contributed by atoms with E-state index in [1.807, 2.05) is 80.6 Å². The van der Waals surface area contributed by atoms with Crippen molar-refractivity contribution < 1.29 is 14.6 Å². The van der Waals surface area contributed by atoms with Crippen LogP contribution >= 0.6 is 0 Å². The van der Waals surface area contributed by atoms with E-state index in [4.69, 9.17) is 15.9 Å². The van der Waals surface area contributed by atoms with Gasteiger partial charge < -0.3 is 31.2 Å². The molecule has 4 aromatic rings. The van der Waals surface area contributed by atoms with Gasteiger partial charge in [-0.2, -0.15) is 0 Å². The number of ether oxygens (including phenoxy) is 1. The normalized spacial score (nSPS) is 15.3. The van der Waals surface area contributed by atoms with Crippen molar-refractivity contribution in [3.63, 3.8) is 0 Å². The Morgan fingerprint density at radius 3 is 2.44 bits per heavy atom. The summed E-state index contributed by atoms with van der Waals surface area (Å²) in [7, 11) is 3.30. The van der Waals surface area contributed by atoms with Gasteiger partial charge in [0.1, 0.15) is 23.7 Å². The average Bonchev–Trinajstić information content (AvgIpc) is 3.53. The number of hydrogen-bond donors (Lipinski definition) is 5. The summed E-state index contributed by atoms with van der Waals surface area (Å²) in [4.78, 5) is 25.2. The maximum atomic E-state index is 13.1. The number of nitrogens with two attached hydrogens (primary N) is 1. The van der Waals surface area contributed by atoms with Crippen LogP contribution in [-0.4, -0.2) is 59.2 Å². The van der Waals surface area contributed by atoms with Crippen molar-refractivity contribution in [3.05, 3.63) is 114 Å². The van der Waals surface area contributed by atoms with E-state index in [9.17, 15) is 9.90 Å². The number of hydrogen-bond acceptors (Lipinski definition) is 9. The Morgan fingerprint density at radius 2 is 1.83 bits per heavy atom. The van der Waals surface area contributed by atoms with Crippen LogP contribution in [0.2, 0.25) is 0 Å². The molecule has 0 saturated heterocycles. The minimum Gasteiger partial charge on any atom is -0.496 e. The van der Waals surface area contributed by atoms with Crippen molar-refractivity contribution >= 4 is 40.2 Å². The summed E-state index contributed by atoms with van der Waals surface area (Å²) in [6.07, 6.45) is 11.9. The van der Waals surface area contributed by atoms with E-state index in [1.54, 1.807) is 26.4 Å². The molecule has 5 rings (SSSR count). The molecule has 0 bridgehead atoms. The summed E-state index contributed by atoms with van der Waals surface area (Å²) in [5, 5.41) is 26.8. The Kier molecular flexibility index (Phi) is 15.0. The number of nitrogen functional groups attached to an aromatic ring is 1. The fourth-order valence-corrected chi connectivity index (χ4v) is 5.13. The summed E-state index contributed by atoms with van der Waals surface area (Å²) < 4.78 is 5.45. The van der Waals surface area contributed by atoms with Gasteiger partial charge in [-0.25, -0.2) is 9.97 Å². The minimum absolute atomic E-state index is 0.0668.